The van der Waals surface area contributed by atoms with E-state index in [9.17, 15) is 22.8 Å². The van der Waals surface area contributed by atoms with E-state index in [0.717, 1.165) is 17.7 Å². The first-order valence-electron chi connectivity index (χ1n) is 11.7. The Morgan fingerprint density at radius 3 is 2.38 bits per heavy atom. The summed E-state index contributed by atoms with van der Waals surface area (Å²) in [6.07, 6.45) is -1.58. The molecule has 2 aliphatic heterocycles. The van der Waals surface area contributed by atoms with Gasteiger partial charge in [-0.2, -0.15) is 13.2 Å². The van der Waals surface area contributed by atoms with Crippen LogP contribution >= 0.6 is 11.8 Å². The molecular formula is C26H29F3N2O2S. The number of piperidine rings is 1. The van der Waals surface area contributed by atoms with Crippen LogP contribution in [0.1, 0.15) is 43.7 Å². The van der Waals surface area contributed by atoms with Crippen molar-refractivity contribution in [2.75, 3.05) is 24.5 Å². The summed E-state index contributed by atoms with van der Waals surface area (Å²) in [5.41, 5.74) is 0.736. The van der Waals surface area contributed by atoms with Gasteiger partial charge >= 0.3 is 6.18 Å². The van der Waals surface area contributed by atoms with Crippen molar-refractivity contribution < 1.29 is 22.8 Å². The van der Waals surface area contributed by atoms with Gasteiger partial charge in [0.1, 0.15) is 0 Å². The van der Waals surface area contributed by atoms with E-state index in [4.69, 9.17) is 0 Å². The number of carbonyl (C=O) groups is 2. The van der Waals surface area contributed by atoms with Crippen molar-refractivity contribution in [2.24, 2.45) is 5.92 Å². The van der Waals surface area contributed by atoms with Crippen LogP contribution in [0.2, 0.25) is 0 Å². The summed E-state index contributed by atoms with van der Waals surface area (Å²) >= 11 is 1.51. The van der Waals surface area contributed by atoms with E-state index in [1.165, 1.54) is 17.8 Å². The Kier molecular flexibility index (Phi) is 7.55. The highest BCUT2D eigenvalue weighted by Gasteiger charge is 2.36. The van der Waals surface area contributed by atoms with E-state index in [2.05, 4.69) is 0 Å². The average Bonchev–Trinajstić information content (AvgIpc) is 3.00. The summed E-state index contributed by atoms with van der Waals surface area (Å²) in [4.78, 5) is 30.2. The summed E-state index contributed by atoms with van der Waals surface area (Å²) < 4.78 is 40.1. The van der Waals surface area contributed by atoms with E-state index >= 15 is 0 Å². The number of carbonyl (C=O) groups excluding carboxylic acids is 2. The van der Waals surface area contributed by atoms with Crippen LogP contribution in [0.3, 0.4) is 0 Å². The zero-order valence-corrected chi connectivity index (χ0v) is 20.0. The molecular weight excluding hydrogens is 461 g/mol. The van der Waals surface area contributed by atoms with Gasteiger partial charge in [0, 0.05) is 42.1 Å². The smallest absolute Gasteiger partial charge is 0.343 e. The quantitative estimate of drug-likeness (QED) is 0.544. The van der Waals surface area contributed by atoms with E-state index in [1.54, 1.807) is 4.90 Å². The van der Waals surface area contributed by atoms with Gasteiger partial charge in [-0.1, -0.05) is 37.3 Å². The Hall–Kier alpha value is -2.48. The number of hydrogen-bond donors (Lipinski definition) is 0. The van der Waals surface area contributed by atoms with Gasteiger partial charge in [0.2, 0.25) is 11.8 Å². The van der Waals surface area contributed by atoms with Crippen LogP contribution < -0.4 is 4.90 Å². The van der Waals surface area contributed by atoms with Crippen molar-refractivity contribution >= 4 is 29.3 Å². The number of likely N-dealkylation sites (tertiary alicyclic amines) is 1. The van der Waals surface area contributed by atoms with Crippen LogP contribution in [0.25, 0.3) is 0 Å². The number of anilines is 1. The van der Waals surface area contributed by atoms with Crippen LogP contribution in [0.5, 0.6) is 0 Å². The Bertz CT molecular complexity index is 1020. The molecule has 2 heterocycles. The number of halogens is 3. The fraction of sp³-hybridized carbons (Fsp3) is 0.462. The SMILES string of the molecule is CC1CCN(C(=O)C2CCN(C(=O)CCc3ccccc3)CC2)c2cc(C(F)(F)F)ccc2S1. The molecule has 0 saturated carbocycles. The van der Waals surface area contributed by atoms with Crippen molar-refractivity contribution in [3.05, 3.63) is 59.7 Å². The molecule has 0 bridgehead atoms. The molecule has 0 aliphatic carbocycles. The lowest BCUT2D eigenvalue weighted by Crippen LogP contribution is -2.45. The van der Waals surface area contributed by atoms with Gasteiger partial charge < -0.3 is 9.80 Å². The lowest BCUT2D eigenvalue weighted by atomic mass is 9.94. The second-order valence-electron chi connectivity index (χ2n) is 9.03. The minimum absolute atomic E-state index is 0.0786. The second kappa shape index (κ2) is 10.4. The van der Waals surface area contributed by atoms with Gasteiger partial charge in [-0.3, -0.25) is 9.59 Å². The molecule has 2 aromatic rings. The number of alkyl halides is 3. The molecule has 1 fully saturated rings. The number of thioether (sulfide) groups is 1. The van der Waals surface area contributed by atoms with Gasteiger partial charge in [0.05, 0.1) is 11.3 Å². The van der Waals surface area contributed by atoms with Gasteiger partial charge in [-0.15, -0.1) is 11.8 Å². The maximum atomic E-state index is 13.5. The fourth-order valence-corrected chi connectivity index (χ4v) is 5.68. The molecule has 8 heteroatoms. The largest absolute Gasteiger partial charge is 0.416 e. The maximum absolute atomic E-state index is 13.5. The number of amides is 2. The van der Waals surface area contributed by atoms with Crippen LogP contribution in [-0.4, -0.2) is 41.6 Å². The highest BCUT2D eigenvalue weighted by atomic mass is 32.2. The molecule has 2 amide bonds. The molecule has 2 aromatic carbocycles. The van der Waals surface area contributed by atoms with Gasteiger partial charge in [0.25, 0.3) is 0 Å². The standard InChI is InChI=1S/C26H29F3N2O2S/c1-18-11-16-31(22-17-21(26(27,28)29)8-9-23(22)34-18)25(33)20-12-14-30(15-13-20)24(32)10-7-19-5-3-2-4-6-19/h2-6,8-9,17-18,20H,7,10-16H2,1H3. The zero-order chi connectivity index (χ0) is 24.3. The monoisotopic (exact) mass is 490 g/mol. The number of fused-ring (bicyclic) bond motifs is 1. The topological polar surface area (TPSA) is 40.6 Å². The summed E-state index contributed by atoms with van der Waals surface area (Å²) in [7, 11) is 0. The maximum Gasteiger partial charge on any atom is 0.416 e. The van der Waals surface area contributed by atoms with Crippen LogP contribution in [-0.2, 0) is 22.2 Å². The third kappa shape index (κ3) is 5.77. The van der Waals surface area contributed by atoms with Crippen LogP contribution in [0.4, 0.5) is 18.9 Å². The Labute approximate surface area is 202 Å². The first kappa shape index (κ1) is 24.6. The first-order valence-corrected chi connectivity index (χ1v) is 12.6. The normalized spacial score (nSPS) is 19.5. The molecule has 2 aliphatic rings. The summed E-state index contributed by atoms with van der Waals surface area (Å²) in [5, 5.41) is 0.206. The van der Waals surface area contributed by atoms with Gasteiger partial charge in [-0.25, -0.2) is 0 Å². The number of hydrogen-bond acceptors (Lipinski definition) is 3. The van der Waals surface area contributed by atoms with E-state index in [-0.39, 0.29) is 23.0 Å². The van der Waals surface area contributed by atoms with Gasteiger partial charge in [0.15, 0.2) is 0 Å². The number of rotatable bonds is 4. The molecule has 4 rings (SSSR count). The summed E-state index contributed by atoms with van der Waals surface area (Å²) in [6.45, 7) is 3.42. The highest BCUT2D eigenvalue weighted by molar-refractivity contribution is 8.00. The molecule has 1 unspecified atom stereocenters. The third-order valence-corrected chi connectivity index (χ3v) is 7.83. The van der Waals surface area contributed by atoms with Crippen molar-refractivity contribution in [1.82, 2.24) is 4.90 Å². The van der Waals surface area contributed by atoms with E-state index in [0.29, 0.717) is 62.3 Å². The average molecular weight is 491 g/mol. The minimum atomic E-state index is -4.46. The second-order valence-corrected chi connectivity index (χ2v) is 10.5. The third-order valence-electron chi connectivity index (χ3n) is 6.60. The fourth-order valence-electron chi connectivity index (χ4n) is 4.59. The molecule has 0 radical (unpaired) electrons. The lowest BCUT2D eigenvalue weighted by molar-refractivity contribution is -0.137. The molecule has 0 spiro atoms. The first-order chi connectivity index (χ1) is 16.2. The van der Waals surface area contributed by atoms with Crippen molar-refractivity contribution in [2.45, 2.75) is 55.3 Å². The Morgan fingerprint density at radius 2 is 1.71 bits per heavy atom. The number of nitrogens with zero attached hydrogens (tertiary/aromatic N) is 2. The Balaban J connectivity index is 1.41. The highest BCUT2D eigenvalue weighted by Crippen LogP contribution is 2.42. The molecule has 182 valence electrons. The molecule has 0 aromatic heterocycles. The van der Waals surface area contributed by atoms with Crippen molar-refractivity contribution in [3.63, 3.8) is 0 Å². The number of benzene rings is 2. The Morgan fingerprint density at radius 1 is 1.00 bits per heavy atom. The molecule has 1 saturated heterocycles. The van der Waals surface area contributed by atoms with Crippen molar-refractivity contribution in [1.29, 1.82) is 0 Å². The van der Waals surface area contributed by atoms with E-state index in [1.807, 2.05) is 42.2 Å². The van der Waals surface area contributed by atoms with Crippen molar-refractivity contribution in [3.8, 4) is 0 Å². The predicted molar refractivity (Wildman–Crippen MR) is 128 cm³/mol. The zero-order valence-electron chi connectivity index (χ0n) is 19.2. The summed E-state index contributed by atoms with van der Waals surface area (Å²) in [6, 6.07) is 13.5. The molecule has 0 N–H and O–H groups in total. The molecule has 4 nitrogen and oxygen atoms in total. The lowest BCUT2D eigenvalue weighted by Gasteiger charge is -2.34. The minimum Gasteiger partial charge on any atom is -0.343 e. The summed E-state index contributed by atoms with van der Waals surface area (Å²) in [5.74, 6) is -0.347. The van der Waals surface area contributed by atoms with E-state index < -0.39 is 11.7 Å². The van der Waals surface area contributed by atoms with Crippen LogP contribution in [0.15, 0.2) is 53.4 Å². The molecule has 34 heavy (non-hydrogen) atoms. The van der Waals surface area contributed by atoms with Crippen LogP contribution in [0, 0.1) is 5.92 Å². The predicted octanol–water partition coefficient (Wildman–Crippen LogP) is 5.79. The number of aryl methyl sites for hydroxylation is 1. The van der Waals surface area contributed by atoms with Gasteiger partial charge in [-0.05, 0) is 49.4 Å². The molecule has 1 atom stereocenters.